The number of hydrogen-bond donors (Lipinski definition) is 1. The van der Waals surface area contributed by atoms with Crippen molar-refractivity contribution in [3.05, 3.63) is 124 Å². The number of rotatable bonds is 8. The number of anilines is 1. The molecule has 13 heteroatoms. The van der Waals surface area contributed by atoms with Crippen molar-refractivity contribution in [3.8, 4) is 11.1 Å². The average Bonchev–Trinajstić information content (AvgIpc) is 3.37. The summed E-state index contributed by atoms with van der Waals surface area (Å²) in [6, 6.07) is 20.8. The summed E-state index contributed by atoms with van der Waals surface area (Å²) in [6.07, 6.45) is -4.52. The third kappa shape index (κ3) is 8.66. The van der Waals surface area contributed by atoms with Gasteiger partial charge in [-0.05, 0) is 78.1 Å². The van der Waals surface area contributed by atoms with E-state index in [-0.39, 0.29) is 41.0 Å². The number of alkyl halides is 3. The number of carbonyl (C=O) groups excluding carboxylic acids is 5. The summed E-state index contributed by atoms with van der Waals surface area (Å²) < 4.78 is 48.7. The normalized spacial score (nSPS) is 13.4. The first-order valence-electron chi connectivity index (χ1n) is 16.1. The second kappa shape index (κ2) is 16.4. The highest BCUT2D eigenvalue weighted by molar-refractivity contribution is 6.12. The van der Waals surface area contributed by atoms with Crippen LogP contribution in [0.15, 0.2) is 84.9 Å². The molecule has 0 radical (unpaired) electrons. The Bertz CT molecular complexity index is 1990. The van der Waals surface area contributed by atoms with Crippen LogP contribution in [0.3, 0.4) is 0 Å². The van der Waals surface area contributed by atoms with Gasteiger partial charge in [0.15, 0.2) is 6.04 Å². The van der Waals surface area contributed by atoms with Crippen LogP contribution >= 0.6 is 0 Å². The number of benzene rings is 4. The number of carbonyl (C=O) groups is 5. The number of nitrogens with one attached hydrogen (secondary N) is 1. The van der Waals surface area contributed by atoms with Crippen LogP contribution in [0.25, 0.3) is 11.1 Å². The molecule has 10 nitrogen and oxygen atoms in total. The number of aryl methyl sites for hydroxylation is 1. The highest BCUT2D eigenvalue weighted by Gasteiger charge is 2.39. The fraction of sp³-hybridized carbons (Fsp3) is 0.256. The lowest BCUT2D eigenvalue weighted by Gasteiger charge is -2.18. The van der Waals surface area contributed by atoms with Gasteiger partial charge in [-0.15, -0.1) is 0 Å². The number of halogens is 3. The highest BCUT2D eigenvalue weighted by atomic mass is 19.4. The maximum Gasteiger partial charge on any atom is 0.416 e. The van der Waals surface area contributed by atoms with Crippen molar-refractivity contribution in [2.75, 3.05) is 40.2 Å². The molecule has 1 unspecified atom stereocenters. The van der Waals surface area contributed by atoms with Crippen molar-refractivity contribution in [1.29, 1.82) is 0 Å². The van der Waals surface area contributed by atoms with Gasteiger partial charge >= 0.3 is 18.1 Å². The van der Waals surface area contributed by atoms with Crippen molar-refractivity contribution in [3.63, 3.8) is 0 Å². The molecule has 0 aliphatic carbocycles. The van der Waals surface area contributed by atoms with E-state index in [0.29, 0.717) is 34.4 Å². The van der Waals surface area contributed by atoms with Crippen LogP contribution < -0.4 is 5.32 Å². The minimum atomic E-state index is -4.47. The summed E-state index contributed by atoms with van der Waals surface area (Å²) in [5.74, 6) is -1.90. The summed E-state index contributed by atoms with van der Waals surface area (Å²) in [5, 5.41) is 2.75. The van der Waals surface area contributed by atoms with Gasteiger partial charge in [0, 0.05) is 32.3 Å². The monoisotopic (exact) mass is 717 g/mol. The molecule has 0 spiro atoms. The number of fused-ring (bicyclic) bond motifs is 1. The SMILES string of the molecule is CCOC(=O)C1c2ccccc2C(=O)N1C.COC(=O)Cc1ccc(NC(=O)c2cccc(C)c2-c2ccc(C(F)(F)F)cc2)c(C(=O)N(C)C)c1. The molecule has 4 aromatic carbocycles. The summed E-state index contributed by atoms with van der Waals surface area (Å²) in [5.41, 5.74) is 3.32. The lowest BCUT2D eigenvalue weighted by atomic mass is 9.93. The number of methoxy groups -OCH3 is 1. The van der Waals surface area contributed by atoms with Crippen molar-refractivity contribution >= 4 is 35.3 Å². The molecule has 272 valence electrons. The Morgan fingerprint density at radius 2 is 1.58 bits per heavy atom. The molecule has 0 fully saturated rings. The van der Waals surface area contributed by atoms with E-state index in [4.69, 9.17) is 4.74 Å². The molecule has 52 heavy (non-hydrogen) atoms. The molecule has 1 atom stereocenters. The van der Waals surface area contributed by atoms with Gasteiger partial charge in [0.05, 0.1) is 37.0 Å². The third-order valence-electron chi connectivity index (χ3n) is 8.27. The highest BCUT2D eigenvalue weighted by Crippen LogP contribution is 2.35. The summed E-state index contributed by atoms with van der Waals surface area (Å²) in [6.45, 7) is 3.83. The maximum atomic E-state index is 13.4. The van der Waals surface area contributed by atoms with Gasteiger partial charge in [-0.3, -0.25) is 19.2 Å². The van der Waals surface area contributed by atoms with E-state index in [1.807, 2.05) is 6.07 Å². The topological polar surface area (TPSA) is 122 Å². The summed E-state index contributed by atoms with van der Waals surface area (Å²) in [4.78, 5) is 64.2. The van der Waals surface area contributed by atoms with Gasteiger partial charge in [-0.2, -0.15) is 13.2 Å². The minimum Gasteiger partial charge on any atom is -0.469 e. The standard InChI is InChI=1S/C27H25F3N2O4.C12H13NO3/c1-16-6-5-7-20(24(16)18-9-11-19(12-10-18)27(28,29)30)25(34)31-22-13-8-17(15-23(33)36-4)14-21(22)26(35)32(2)3;1-3-16-12(15)10-8-6-4-5-7-9(8)11(14)13(10)2/h5-14H,15H2,1-4H3,(H,31,34);4-7,10H,3H2,1-2H3. The van der Waals surface area contributed by atoms with E-state index in [1.54, 1.807) is 77.5 Å². The molecule has 0 saturated heterocycles. The summed E-state index contributed by atoms with van der Waals surface area (Å²) >= 11 is 0. The van der Waals surface area contributed by atoms with E-state index < -0.39 is 29.7 Å². The van der Waals surface area contributed by atoms with Crippen molar-refractivity contribution in [2.24, 2.45) is 0 Å². The van der Waals surface area contributed by atoms with E-state index in [1.165, 1.54) is 41.2 Å². The van der Waals surface area contributed by atoms with Crippen LogP contribution in [-0.2, 0) is 31.7 Å². The third-order valence-corrected chi connectivity index (χ3v) is 8.27. The molecule has 1 aliphatic heterocycles. The second-order valence-corrected chi connectivity index (χ2v) is 12.0. The molecule has 4 aromatic rings. The quantitative estimate of drug-likeness (QED) is 0.201. The maximum absolute atomic E-state index is 13.4. The van der Waals surface area contributed by atoms with E-state index in [9.17, 15) is 37.1 Å². The Balaban J connectivity index is 0.000000313. The Morgan fingerprint density at radius 1 is 0.904 bits per heavy atom. The molecule has 1 N–H and O–H groups in total. The lowest BCUT2D eigenvalue weighted by Crippen LogP contribution is -2.30. The minimum absolute atomic E-state index is 0.0472. The van der Waals surface area contributed by atoms with Gasteiger partial charge in [-0.25, -0.2) is 4.79 Å². The van der Waals surface area contributed by atoms with Crippen molar-refractivity contribution in [2.45, 2.75) is 32.5 Å². The fourth-order valence-corrected chi connectivity index (χ4v) is 5.68. The number of esters is 2. The predicted molar refractivity (Wildman–Crippen MR) is 188 cm³/mol. The molecule has 0 aromatic heterocycles. The zero-order valence-electron chi connectivity index (χ0n) is 29.5. The van der Waals surface area contributed by atoms with Gasteiger partial charge in [-0.1, -0.05) is 48.5 Å². The number of ether oxygens (including phenoxy) is 2. The lowest BCUT2D eigenvalue weighted by molar-refractivity contribution is -0.148. The Kier molecular flexibility index (Phi) is 12.2. The Morgan fingerprint density at radius 3 is 2.19 bits per heavy atom. The molecule has 3 amide bonds. The molecular weight excluding hydrogens is 679 g/mol. The number of likely N-dealkylation sites (N-methyl/N-ethyl adjacent to an activating group) is 1. The van der Waals surface area contributed by atoms with E-state index in [0.717, 1.165) is 17.7 Å². The Labute approximate surface area is 299 Å². The summed E-state index contributed by atoms with van der Waals surface area (Å²) in [7, 11) is 6.00. The molecule has 1 aliphatic rings. The van der Waals surface area contributed by atoms with Gasteiger partial charge in [0.1, 0.15) is 0 Å². The van der Waals surface area contributed by atoms with Crippen LogP contribution in [0.5, 0.6) is 0 Å². The number of hydrogen-bond acceptors (Lipinski definition) is 7. The van der Waals surface area contributed by atoms with Gasteiger partial charge in [0.2, 0.25) is 0 Å². The van der Waals surface area contributed by atoms with Crippen LogP contribution in [0.2, 0.25) is 0 Å². The zero-order valence-corrected chi connectivity index (χ0v) is 29.5. The molecule has 0 bridgehead atoms. The van der Waals surface area contributed by atoms with Crippen LogP contribution in [0.4, 0.5) is 18.9 Å². The van der Waals surface area contributed by atoms with Gasteiger partial charge < -0.3 is 24.6 Å². The smallest absolute Gasteiger partial charge is 0.416 e. The van der Waals surface area contributed by atoms with Gasteiger partial charge in [0.25, 0.3) is 17.7 Å². The first-order chi connectivity index (χ1) is 24.6. The molecule has 0 saturated carbocycles. The molecular formula is C39H38F3N3O7. The van der Waals surface area contributed by atoms with Crippen LogP contribution in [0.1, 0.15) is 66.3 Å². The zero-order chi connectivity index (χ0) is 38.3. The van der Waals surface area contributed by atoms with E-state index >= 15 is 0 Å². The first kappa shape index (κ1) is 38.8. The number of amides is 3. The number of nitrogens with zero attached hydrogens (tertiary/aromatic N) is 2. The largest absolute Gasteiger partial charge is 0.469 e. The Hall–Kier alpha value is -5.98. The van der Waals surface area contributed by atoms with Crippen LogP contribution in [-0.4, -0.2) is 74.3 Å². The second-order valence-electron chi connectivity index (χ2n) is 12.0. The molecule has 5 rings (SSSR count). The van der Waals surface area contributed by atoms with Crippen LogP contribution in [0, 0.1) is 6.92 Å². The van der Waals surface area contributed by atoms with E-state index in [2.05, 4.69) is 10.1 Å². The first-order valence-corrected chi connectivity index (χ1v) is 16.1. The average molecular weight is 718 g/mol. The fourth-order valence-electron chi connectivity index (χ4n) is 5.68. The van der Waals surface area contributed by atoms with Crippen molar-refractivity contribution < 1.29 is 46.6 Å². The van der Waals surface area contributed by atoms with Crippen molar-refractivity contribution in [1.82, 2.24) is 9.80 Å². The predicted octanol–water partition coefficient (Wildman–Crippen LogP) is 6.73. The molecule has 1 heterocycles.